The minimum absolute atomic E-state index is 0.0957. The van der Waals surface area contributed by atoms with Crippen molar-refractivity contribution in [3.63, 3.8) is 0 Å². The second-order valence-electron chi connectivity index (χ2n) is 5.41. The van der Waals surface area contributed by atoms with Crippen LogP contribution in [-0.2, 0) is 14.6 Å². The molecule has 0 aliphatic rings. The number of aliphatic carboxylic acids is 1. The second kappa shape index (κ2) is 7.14. The molecule has 0 radical (unpaired) electrons. The van der Waals surface area contributed by atoms with E-state index in [0.29, 0.717) is 5.56 Å². The molecular weight excluding hydrogens is 350 g/mol. The number of hydrogen-bond donors (Lipinski definition) is 2. The fourth-order valence-electron chi connectivity index (χ4n) is 2.26. The van der Waals surface area contributed by atoms with Crippen molar-refractivity contribution in [2.75, 3.05) is 6.26 Å². The third kappa shape index (κ3) is 4.42. The SMILES string of the molecule is Cc1ccccc1C(CC(=O)O)NC(=O)c1csc(S(C)(=O)=O)c1. The van der Waals surface area contributed by atoms with Gasteiger partial charge in [-0.25, -0.2) is 8.42 Å². The smallest absolute Gasteiger partial charge is 0.305 e. The van der Waals surface area contributed by atoms with Crippen LogP contribution in [0.5, 0.6) is 0 Å². The molecule has 0 fully saturated rings. The maximum Gasteiger partial charge on any atom is 0.305 e. The lowest BCUT2D eigenvalue weighted by molar-refractivity contribution is -0.137. The molecule has 0 aliphatic carbocycles. The van der Waals surface area contributed by atoms with Crippen LogP contribution in [0.4, 0.5) is 0 Å². The first-order valence-corrected chi connectivity index (χ1v) is 9.82. The first-order chi connectivity index (χ1) is 11.2. The van der Waals surface area contributed by atoms with E-state index >= 15 is 0 Å². The van der Waals surface area contributed by atoms with E-state index in [0.717, 1.165) is 23.2 Å². The van der Waals surface area contributed by atoms with Crippen LogP contribution >= 0.6 is 11.3 Å². The van der Waals surface area contributed by atoms with E-state index in [9.17, 15) is 18.0 Å². The number of carbonyl (C=O) groups excluding carboxylic acids is 1. The molecule has 2 aromatic rings. The van der Waals surface area contributed by atoms with E-state index in [1.54, 1.807) is 12.1 Å². The number of carbonyl (C=O) groups is 2. The third-order valence-electron chi connectivity index (χ3n) is 3.45. The van der Waals surface area contributed by atoms with Gasteiger partial charge in [-0.15, -0.1) is 11.3 Å². The summed E-state index contributed by atoms with van der Waals surface area (Å²) in [7, 11) is -3.38. The van der Waals surface area contributed by atoms with Gasteiger partial charge in [0.1, 0.15) is 4.21 Å². The maximum atomic E-state index is 12.4. The van der Waals surface area contributed by atoms with E-state index in [1.807, 2.05) is 19.1 Å². The number of carboxylic acid groups (broad SMARTS) is 1. The second-order valence-corrected chi connectivity index (χ2v) is 8.56. The highest BCUT2D eigenvalue weighted by Crippen LogP contribution is 2.24. The van der Waals surface area contributed by atoms with Crippen LogP contribution in [0, 0.1) is 6.92 Å². The summed E-state index contributed by atoms with van der Waals surface area (Å²) in [4.78, 5) is 23.5. The van der Waals surface area contributed by atoms with Crippen LogP contribution < -0.4 is 5.32 Å². The van der Waals surface area contributed by atoms with Crippen molar-refractivity contribution < 1.29 is 23.1 Å². The van der Waals surface area contributed by atoms with Crippen molar-refractivity contribution in [2.24, 2.45) is 0 Å². The Morgan fingerprint density at radius 1 is 1.29 bits per heavy atom. The number of aryl methyl sites for hydroxylation is 1. The predicted octanol–water partition coefficient (Wildman–Crippen LogP) is 2.41. The summed E-state index contributed by atoms with van der Waals surface area (Å²) in [5.74, 6) is -1.54. The molecule has 24 heavy (non-hydrogen) atoms. The van der Waals surface area contributed by atoms with Crippen LogP contribution in [0.2, 0.25) is 0 Å². The number of rotatable bonds is 6. The van der Waals surface area contributed by atoms with E-state index < -0.39 is 27.8 Å². The van der Waals surface area contributed by atoms with Gasteiger partial charge in [-0.2, -0.15) is 0 Å². The lowest BCUT2D eigenvalue weighted by atomic mass is 9.98. The molecule has 1 aromatic heterocycles. The van der Waals surface area contributed by atoms with Crippen molar-refractivity contribution in [3.8, 4) is 0 Å². The Balaban J connectivity index is 2.26. The number of benzene rings is 1. The van der Waals surface area contributed by atoms with Crippen molar-refractivity contribution in [2.45, 2.75) is 23.6 Å². The quantitative estimate of drug-likeness (QED) is 0.816. The van der Waals surface area contributed by atoms with E-state index in [4.69, 9.17) is 5.11 Å². The van der Waals surface area contributed by atoms with E-state index in [1.165, 1.54) is 11.4 Å². The molecule has 2 rings (SSSR count). The van der Waals surface area contributed by atoms with Crippen molar-refractivity contribution in [3.05, 3.63) is 52.4 Å². The van der Waals surface area contributed by atoms with Gasteiger partial charge in [-0.05, 0) is 24.1 Å². The maximum absolute atomic E-state index is 12.4. The molecule has 0 aliphatic heterocycles. The Kier molecular flexibility index (Phi) is 5.40. The van der Waals surface area contributed by atoms with Crippen LogP contribution in [0.25, 0.3) is 0 Å². The Morgan fingerprint density at radius 2 is 1.96 bits per heavy atom. The number of amides is 1. The molecule has 1 atom stereocenters. The average Bonchev–Trinajstić information content (AvgIpc) is 2.96. The Hall–Kier alpha value is -2.19. The summed E-state index contributed by atoms with van der Waals surface area (Å²) < 4.78 is 23.1. The molecule has 0 spiro atoms. The molecule has 0 saturated carbocycles. The highest BCUT2D eigenvalue weighted by molar-refractivity contribution is 7.92. The molecule has 128 valence electrons. The molecule has 1 aromatic carbocycles. The fourth-order valence-corrected chi connectivity index (χ4v) is 4.06. The fraction of sp³-hybridized carbons (Fsp3) is 0.250. The van der Waals surface area contributed by atoms with Gasteiger partial charge >= 0.3 is 5.97 Å². The standard InChI is InChI=1S/C16H17NO5S2/c1-10-5-3-4-6-12(10)13(8-14(18)19)17-16(20)11-7-15(23-9-11)24(2,21)22/h3-7,9,13H,8H2,1-2H3,(H,17,20)(H,18,19). The Bertz CT molecular complexity index is 870. The zero-order valence-corrected chi connectivity index (χ0v) is 14.8. The summed E-state index contributed by atoms with van der Waals surface area (Å²) in [6.45, 7) is 1.84. The molecule has 8 heteroatoms. The first kappa shape index (κ1) is 18.2. The normalized spacial score (nSPS) is 12.6. The number of carboxylic acids is 1. The van der Waals surface area contributed by atoms with Gasteiger partial charge in [0.05, 0.1) is 18.0 Å². The molecule has 1 amide bonds. The molecule has 1 heterocycles. The number of hydrogen-bond acceptors (Lipinski definition) is 5. The summed E-state index contributed by atoms with van der Waals surface area (Å²) in [6.07, 6.45) is 0.806. The van der Waals surface area contributed by atoms with E-state index in [2.05, 4.69) is 5.32 Å². The summed E-state index contributed by atoms with van der Waals surface area (Å²) in [6, 6.07) is 7.80. The van der Waals surface area contributed by atoms with Crippen molar-refractivity contribution >= 4 is 33.1 Å². The van der Waals surface area contributed by atoms with Gasteiger partial charge in [0.15, 0.2) is 9.84 Å². The lowest BCUT2D eigenvalue weighted by Gasteiger charge is -2.19. The molecule has 0 saturated heterocycles. The van der Waals surface area contributed by atoms with Crippen LogP contribution in [0.1, 0.15) is 33.9 Å². The van der Waals surface area contributed by atoms with Crippen LogP contribution in [0.3, 0.4) is 0 Å². The number of nitrogens with one attached hydrogen (secondary N) is 1. The Morgan fingerprint density at radius 3 is 2.50 bits per heavy atom. The minimum Gasteiger partial charge on any atom is -0.481 e. The largest absolute Gasteiger partial charge is 0.481 e. The highest BCUT2D eigenvalue weighted by atomic mass is 32.2. The number of thiophene rings is 1. The van der Waals surface area contributed by atoms with Crippen molar-refractivity contribution in [1.29, 1.82) is 0 Å². The summed E-state index contributed by atoms with van der Waals surface area (Å²) >= 11 is 0.960. The van der Waals surface area contributed by atoms with Gasteiger partial charge in [0, 0.05) is 11.6 Å². The molecule has 2 N–H and O–H groups in total. The van der Waals surface area contributed by atoms with Gasteiger partial charge in [-0.3, -0.25) is 9.59 Å². The monoisotopic (exact) mass is 367 g/mol. The molecular formula is C16H17NO5S2. The van der Waals surface area contributed by atoms with Crippen molar-refractivity contribution in [1.82, 2.24) is 5.32 Å². The molecule has 1 unspecified atom stereocenters. The Labute approximate surface area is 144 Å². The van der Waals surface area contributed by atoms with E-state index in [-0.39, 0.29) is 16.2 Å². The minimum atomic E-state index is -3.38. The number of sulfone groups is 1. The zero-order chi connectivity index (χ0) is 17.9. The summed E-state index contributed by atoms with van der Waals surface area (Å²) in [5.41, 5.74) is 1.78. The highest BCUT2D eigenvalue weighted by Gasteiger charge is 2.22. The van der Waals surface area contributed by atoms with Gasteiger partial charge < -0.3 is 10.4 Å². The lowest BCUT2D eigenvalue weighted by Crippen LogP contribution is -2.30. The predicted molar refractivity (Wildman–Crippen MR) is 91.1 cm³/mol. The van der Waals surface area contributed by atoms with Gasteiger partial charge in [-0.1, -0.05) is 24.3 Å². The van der Waals surface area contributed by atoms with Gasteiger partial charge in [0.25, 0.3) is 5.91 Å². The molecule has 6 nitrogen and oxygen atoms in total. The van der Waals surface area contributed by atoms with Crippen LogP contribution in [-0.4, -0.2) is 31.7 Å². The zero-order valence-electron chi connectivity index (χ0n) is 13.1. The topological polar surface area (TPSA) is 101 Å². The van der Waals surface area contributed by atoms with Crippen LogP contribution in [0.15, 0.2) is 39.9 Å². The van der Waals surface area contributed by atoms with Gasteiger partial charge in [0.2, 0.25) is 0 Å². The third-order valence-corrected chi connectivity index (χ3v) is 6.22. The average molecular weight is 367 g/mol. The summed E-state index contributed by atoms with van der Waals surface area (Å²) in [5, 5.41) is 13.2. The molecule has 0 bridgehead atoms. The first-order valence-electron chi connectivity index (χ1n) is 7.05.